The number of carbonyl (C=O) groups excluding carboxylic acids is 3. The Labute approximate surface area is 758 Å². The Balaban J connectivity index is 0.000000384. The van der Waals surface area contributed by atoms with Gasteiger partial charge in [0.2, 0.25) is 6.29 Å². The molecule has 0 saturated carbocycles. The summed E-state index contributed by atoms with van der Waals surface area (Å²) in [6.45, 7) is 18.9. The number of methoxy groups -OCH3 is 2. The van der Waals surface area contributed by atoms with E-state index in [1.165, 1.54) is 58.9 Å². The number of fused-ring (bicyclic) bond motifs is 2. The molecule has 7 aliphatic rings. The second-order valence-electron chi connectivity index (χ2n) is 29.2. The standard InChI is InChI=1S/C18H20N2O4S.C16H20O5.C13H18N2O6S.C12H16N2O5S.C9H12N2O5S.C5H12O2.C4H4N2OS.3CH4.Li.H2O/c1-3-13-11(2)15(24-17(22)12-7-5-4-6-8-12)16(23-13)20-10-9-14(21)19-18(20)25;1-4-13-10(2)14(16(20-13)19-11(3)17)21-15(18)12-8-6-5-7-9-12;1-13(2)20-8-7(5-17)19-11(9(8)21-13)15-3-6(4-16)10(18)14-12(15)22;1-12(2)18-8-6(5-15)17-10(9(8)19-12)14-4-3-7(16)13-11(14)20;12-3-4-6(14)7(15)8(16-4)11-2-1-5(13)10-9(11)17;1-5(2,6-3)7-4;7-3-1-2-5-4(8)6-3;;;;;/h4-11,13,15-16H,3H2,1-2H3,(H,19,21,25);5-10,13-14,16H,4H2,1-3H3;3,7-9,11,16-17H,4-5H2,1-2H3,(H,14,18,22);3-4,6,8-10,15H,5H2,1-2H3,(H,13,16,20);1-2,4,6-8,12,14-15H,3H2,(H,10,13,17);1-4H3;1-2H,(H2,5,6,7,8);3*1H4;;1H2/q;;;;;;;;;;+1;/p-1/t11?,13-,15+,16-;10?,13-,14+,16-;7-,8?,9+,11-;6-,8?,9+,10-;4-,6?,7+,8-;;;;;;;/m11111......./s1. The van der Waals surface area contributed by atoms with Crippen LogP contribution in [0.4, 0.5) is 0 Å². The molecule has 0 radical (unpaired) electrons. The fourth-order valence-corrected chi connectivity index (χ4v) is 14.5. The van der Waals surface area contributed by atoms with Crippen molar-refractivity contribution in [3.63, 3.8) is 0 Å². The largest absolute Gasteiger partial charge is 1.00 e. The smallest absolute Gasteiger partial charge is 0.870 e. The summed E-state index contributed by atoms with van der Waals surface area (Å²) in [5, 5.41) is 56.4. The minimum atomic E-state index is -1.22. The quantitative estimate of drug-likeness (QED) is 0.0197. The summed E-state index contributed by atoms with van der Waals surface area (Å²) in [4.78, 5) is 106. The number of aliphatic hydroxyl groups is 6. The summed E-state index contributed by atoms with van der Waals surface area (Å²) in [5.74, 6) is -3.29. The molecule has 7 aromatic rings. The van der Waals surface area contributed by atoms with Crippen LogP contribution in [0.5, 0.6) is 0 Å². The van der Waals surface area contributed by atoms with Crippen LogP contribution in [0.2, 0.25) is 0 Å². The van der Waals surface area contributed by atoms with Gasteiger partial charge in [-0.05, 0) is 140 Å². The predicted octanol–water partition coefficient (Wildman–Crippen LogP) is 4.45. The van der Waals surface area contributed by atoms with Crippen molar-refractivity contribution in [3.8, 4) is 0 Å². The number of benzene rings is 2. The number of H-pyrrole nitrogens is 6. The summed E-state index contributed by atoms with van der Waals surface area (Å²) < 4.78 is 85.0. The number of nitrogens with one attached hydrogen (secondary N) is 6. The Hall–Kier alpha value is -7.77. The Bertz CT molecular complexity index is 5170. The third kappa shape index (κ3) is 29.4. The summed E-state index contributed by atoms with van der Waals surface area (Å²) >= 11 is 25.0. The van der Waals surface area contributed by atoms with E-state index in [0.29, 0.717) is 15.9 Å². The number of nitrogens with zero attached hydrogens (tertiary/aromatic N) is 4. The minimum Gasteiger partial charge on any atom is -0.870 e. The molecule has 20 atom stereocenters. The zero-order valence-corrected chi connectivity index (χ0v) is 73.3. The van der Waals surface area contributed by atoms with E-state index in [-0.39, 0.29) is 143 Å². The number of aromatic amines is 6. The van der Waals surface area contributed by atoms with Crippen molar-refractivity contribution >= 4 is 79.0 Å². The van der Waals surface area contributed by atoms with Gasteiger partial charge in [0, 0.05) is 88.2 Å². The van der Waals surface area contributed by atoms with E-state index in [9.17, 15) is 63.9 Å². The molecule has 2 aromatic carbocycles. The molecule has 5 unspecified atom stereocenters. The van der Waals surface area contributed by atoms with Crippen LogP contribution in [0.3, 0.4) is 0 Å². The second kappa shape index (κ2) is 50.3. The van der Waals surface area contributed by atoms with E-state index in [1.807, 2.05) is 67.5 Å². The molecule has 0 bridgehead atoms. The van der Waals surface area contributed by atoms with Gasteiger partial charge < -0.3 is 107 Å². The van der Waals surface area contributed by atoms with E-state index in [2.05, 4.69) is 42.1 Å². The monoisotopic (exact) mass is 1850 g/mol. The normalized spacial score (nSPS) is 27.0. The van der Waals surface area contributed by atoms with Gasteiger partial charge >= 0.3 is 36.8 Å². The minimum absolute atomic E-state index is 0. The van der Waals surface area contributed by atoms with Gasteiger partial charge in [0.25, 0.3) is 27.8 Å². The Morgan fingerprint density at radius 3 is 1.24 bits per heavy atom. The van der Waals surface area contributed by atoms with Gasteiger partial charge in [-0.25, -0.2) is 9.59 Å². The van der Waals surface area contributed by atoms with E-state index in [4.69, 9.17) is 120 Å². The molecular formula is C80H115LiN10O29S5. The molecule has 14 rings (SSSR count). The second-order valence-corrected chi connectivity index (χ2v) is 31.2. The van der Waals surface area contributed by atoms with Gasteiger partial charge in [0.1, 0.15) is 54.9 Å². The van der Waals surface area contributed by atoms with Crippen molar-refractivity contribution in [2.75, 3.05) is 34.0 Å². The first-order valence-electron chi connectivity index (χ1n) is 37.9. The summed E-state index contributed by atoms with van der Waals surface area (Å²) in [5.41, 5.74) is -0.419. The van der Waals surface area contributed by atoms with Crippen LogP contribution < -0.4 is 46.7 Å². The van der Waals surface area contributed by atoms with Crippen LogP contribution in [0.1, 0.15) is 162 Å². The molecule has 5 aromatic heterocycles. The SMILES string of the molecule is C.C.C.CC1(C)OC2[C@@H](CO)O[C@@H](n3cc(CO)c(=O)[nH]c3=S)[C@H]2O1.CC1(C)OC2[C@@H](CO)O[C@@H](n3ccc(=O)[nH]c3=S)[C@H]2O1.CC[C@H]1O[C@@H](OC(C)=O)[C@@H](OC(=O)c2ccccc2)C1C.CC[C@H]1O[C@@H](n2ccc(=O)[nH]c2=S)[C@@H](OC(=O)c2ccccc2)C1C.COC(C)(C)OC.O=c1cc[nH]c(=S)[nH]1.O=c1ccn([C@@H]2O[C@H](CO)C(O)[C@@H]2O)c(=S)[nH]1.[Li+].[OH-]. The van der Waals surface area contributed by atoms with Crippen molar-refractivity contribution in [2.45, 2.75) is 246 Å². The third-order valence-electron chi connectivity index (χ3n) is 19.6. The number of aromatic nitrogens is 10. The molecule has 12 heterocycles. The van der Waals surface area contributed by atoms with Crippen LogP contribution in [0.25, 0.3) is 0 Å². The zero-order chi connectivity index (χ0) is 88.4. The number of rotatable bonds is 17. The van der Waals surface area contributed by atoms with Crippen LogP contribution in [0.15, 0.2) is 140 Å². The van der Waals surface area contributed by atoms with E-state index in [0.717, 1.165) is 12.8 Å². The molecular weight excluding hydrogens is 1730 g/mol. The molecule has 45 heteroatoms. The molecule has 7 fully saturated rings. The molecule has 39 nitrogen and oxygen atoms in total. The number of esters is 3. The van der Waals surface area contributed by atoms with E-state index in [1.54, 1.807) is 98.1 Å². The molecule has 690 valence electrons. The Morgan fingerprint density at radius 1 is 0.488 bits per heavy atom. The first-order chi connectivity index (χ1) is 56.7. The first kappa shape index (κ1) is 111. The van der Waals surface area contributed by atoms with Gasteiger partial charge in [-0.3, -0.25) is 72.0 Å². The fourth-order valence-electron chi connectivity index (χ4n) is 13.3. The average Bonchev–Trinajstić information content (AvgIpc) is 1.60. The Kier molecular flexibility index (Phi) is 44.8. The van der Waals surface area contributed by atoms with Crippen molar-refractivity contribution in [1.29, 1.82) is 0 Å². The van der Waals surface area contributed by atoms with Crippen molar-refractivity contribution < 1.29 is 136 Å². The van der Waals surface area contributed by atoms with Gasteiger partial charge in [0.05, 0.1) is 55.3 Å². The summed E-state index contributed by atoms with van der Waals surface area (Å²) in [7, 11) is 3.23. The number of carbonyl (C=O) groups is 3. The summed E-state index contributed by atoms with van der Waals surface area (Å²) in [6, 6.07) is 22.9. The molecule has 0 amide bonds. The Morgan fingerprint density at radius 2 is 0.864 bits per heavy atom. The first-order valence-corrected chi connectivity index (χ1v) is 39.9. The average molecular weight is 1850 g/mol. The number of hydrogen-bond acceptors (Lipinski definition) is 34. The van der Waals surface area contributed by atoms with E-state index >= 15 is 0 Å². The molecule has 0 aliphatic carbocycles. The number of ether oxygens (including phenoxy) is 14. The maximum atomic E-state index is 12.5. The van der Waals surface area contributed by atoms with Crippen LogP contribution in [0, 0.1) is 35.7 Å². The van der Waals surface area contributed by atoms with Crippen LogP contribution in [-0.4, -0.2) is 239 Å². The van der Waals surface area contributed by atoms with Gasteiger partial charge in [0.15, 0.2) is 78.3 Å². The molecule has 13 N–H and O–H groups in total. The third-order valence-corrected chi connectivity index (χ3v) is 21.1. The van der Waals surface area contributed by atoms with Gasteiger partial charge in [-0.2, -0.15) is 0 Å². The van der Waals surface area contributed by atoms with Crippen molar-refractivity contribution in [2.24, 2.45) is 11.8 Å². The van der Waals surface area contributed by atoms with Gasteiger partial charge in [-0.1, -0.05) is 86.4 Å². The maximum Gasteiger partial charge on any atom is 1.00 e. The molecule has 125 heavy (non-hydrogen) atoms. The fraction of sp³-hybridized carbons (Fsp3) is 0.562. The number of hydrogen-bond donors (Lipinski definition) is 12. The molecule has 0 spiro atoms. The molecule has 7 aliphatic heterocycles. The van der Waals surface area contributed by atoms with Gasteiger partial charge in [-0.15, -0.1) is 0 Å². The summed E-state index contributed by atoms with van der Waals surface area (Å²) in [6.07, 6.45) is -1.79. The van der Waals surface area contributed by atoms with Crippen LogP contribution >= 0.6 is 61.1 Å². The zero-order valence-electron chi connectivity index (χ0n) is 69.2. The van der Waals surface area contributed by atoms with E-state index < -0.39 is 140 Å². The van der Waals surface area contributed by atoms with Crippen molar-refractivity contribution in [3.05, 3.63) is 208 Å². The maximum absolute atomic E-state index is 12.5. The van der Waals surface area contributed by atoms with Crippen molar-refractivity contribution in [1.82, 2.24) is 48.2 Å². The predicted molar refractivity (Wildman–Crippen MR) is 459 cm³/mol. The number of aliphatic hydroxyl groups excluding tert-OH is 6. The topological polar surface area (TPSA) is 532 Å². The molecule has 7 saturated heterocycles. The van der Waals surface area contributed by atoms with Crippen LogP contribution in [-0.2, 0) is 77.7 Å².